The van der Waals surface area contributed by atoms with E-state index >= 15 is 0 Å². The van der Waals surface area contributed by atoms with Crippen LogP contribution in [-0.4, -0.2) is 48.6 Å². The number of hydrogen-bond donors (Lipinski definition) is 3. The van der Waals surface area contributed by atoms with E-state index in [-0.39, 0.29) is 31.2 Å². The monoisotopic (exact) mass is 380 g/mol. The lowest BCUT2D eigenvalue weighted by Crippen LogP contribution is -2.44. The Morgan fingerprint density at radius 2 is 1.92 bits per heavy atom. The molecule has 5 atom stereocenters. The number of aliphatic hydroxyl groups is 1. The standard InChI is InChI=1S/C19H25ClN2O4/c20-11-1-3-12(4-2-11)25-9-18(23)21-16-8-17(15-7-14(15)16)22-19(24)10-26-13-5-6-13/h1-4,13-18,21,23H,5-10H2,(H,22,24)/t14?,15?,16-,17?,18?/m0/s1. The number of rotatable bonds is 9. The summed E-state index contributed by atoms with van der Waals surface area (Å²) in [6, 6.07) is 7.44. The Hall–Kier alpha value is -1.34. The van der Waals surface area contributed by atoms with Crippen molar-refractivity contribution in [3.05, 3.63) is 29.3 Å². The summed E-state index contributed by atoms with van der Waals surface area (Å²) in [7, 11) is 0. The average Bonchev–Trinajstić information content (AvgIpc) is 3.52. The molecule has 3 fully saturated rings. The highest BCUT2D eigenvalue weighted by Gasteiger charge is 2.54. The van der Waals surface area contributed by atoms with E-state index < -0.39 is 6.23 Å². The van der Waals surface area contributed by atoms with E-state index in [0.717, 1.165) is 25.7 Å². The molecule has 0 spiro atoms. The molecule has 3 aliphatic carbocycles. The van der Waals surface area contributed by atoms with Gasteiger partial charge in [-0.15, -0.1) is 0 Å². The summed E-state index contributed by atoms with van der Waals surface area (Å²) >= 11 is 5.84. The molecule has 0 aromatic heterocycles. The molecule has 1 aromatic carbocycles. The van der Waals surface area contributed by atoms with Crippen LogP contribution in [-0.2, 0) is 9.53 Å². The second kappa shape index (κ2) is 7.72. The van der Waals surface area contributed by atoms with Crippen molar-refractivity contribution < 1.29 is 19.4 Å². The zero-order chi connectivity index (χ0) is 18.1. The summed E-state index contributed by atoms with van der Waals surface area (Å²) in [6.07, 6.45) is 3.62. The van der Waals surface area contributed by atoms with Crippen molar-refractivity contribution in [2.45, 2.75) is 50.1 Å². The van der Waals surface area contributed by atoms with Gasteiger partial charge in [-0.05, 0) is 61.8 Å². The number of halogens is 1. The summed E-state index contributed by atoms with van der Waals surface area (Å²) in [5, 5.41) is 17.2. The van der Waals surface area contributed by atoms with E-state index in [1.807, 2.05) is 0 Å². The number of ether oxygens (including phenoxy) is 2. The third-order valence-corrected chi connectivity index (χ3v) is 5.63. The maximum atomic E-state index is 12.0. The topological polar surface area (TPSA) is 79.8 Å². The number of nitrogens with one attached hydrogen (secondary N) is 2. The lowest BCUT2D eigenvalue weighted by atomic mass is 10.1. The Bertz CT molecular complexity index is 637. The molecule has 0 heterocycles. The summed E-state index contributed by atoms with van der Waals surface area (Å²) in [5.74, 6) is 1.68. The highest BCUT2D eigenvalue weighted by molar-refractivity contribution is 6.30. The molecule has 3 aliphatic rings. The molecule has 1 aromatic rings. The van der Waals surface area contributed by atoms with Crippen LogP contribution in [0.25, 0.3) is 0 Å². The molecule has 0 saturated heterocycles. The SMILES string of the molecule is O=C(COC1CC1)NC1C[C@H](NC(O)COc2ccc(Cl)cc2)C2CC12. The van der Waals surface area contributed by atoms with Gasteiger partial charge in [-0.3, -0.25) is 10.1 Å². The van der Waals surface area contributed by atoms with Gasteiger partial charge in [0.05, 0.1) is 6.10 Å². The maximum absolute atomic E-state index is 12.0. The van der Waals surface area contributed by atoms with E-state index in [1.165, 1.54) is 0 Å². The fraction of sp³-hybridized carbons (Fsp3) is 0.632. The molecular formula is C19H25ClN2O4. The lowest BCUT2D eigenvalue weighted by molar-refractivity contribution is -0.127. The van der Waals surface area contributed by atoms with E-state index in [2.05, 4.69) is 10.6 Å². The molecule has 1 amide bonds. The predicted molar refractivity (Wildman–Crippen MR) is 97.0 cm³/mol. The fourth-order valence-electron chi connectivity index (χ4n) is 3.82. The summed E-state index contributed by atoms with van der Waals surface area (Å²) in [5.41, 5.74) is 0. The first kappa shape index (κ1) is 18.0. The number of carbonyl (C=O) groups is 1. The Morgan fingerprint density at radius 3 is 2.65 bits per heavy atom. The molecule has 0 radical (unpaired) electrons. The van der Waals surface area contributed by atoms with E-state index in [9.17, 15) is 9.90 Å². The quantitative estimate of drug-likeness (QED) is 0.568. The molecule has 4 unspecified atom stereocenters. The minimum Gasteiger partial charge on any atom is -0.489 e. The zero-order valence-corrected chi connectivity index (χ0v) is 15.3. The second-order valence-electron chi connectivity index (χ2n) is 7.54. The average molecular weight is 381 g/mol. The van der Waals surface area contributed by atoms with Crippen LogP contribution < -0.4 is 15.4 Å². The van der Waals surface area contributed by atoms with Crippen molar-refractivity contribution in [2.75, 3.05) is 13.2 Å². The van der Waals surface area contributed by atoms with Crippen molar-refractivity contribution in [3.63, 3.8) is 0 Å². The van der Waals surface area contributed by atoms with Crippen molar-refractivity contribution >= 4 is 17.5 Å². The Balaban J connectivity index is 1.18. The molecule has 3 saturated carbocycles. The van der Waals surface area contributed by atoms with E-state index in [0.29, 0.717) is 28.7 Å². The van der Waals surface area contributed by atoms with Crippen LogP contribution in [0.2, 0.25) is 5.02 Å². The molecule has 4 rings (SSSR count). The van der Waals surface area contributed by atoms with Gasteiger partial charge in [-0.1, -0.05) is 11.6 Å². The van der Waals surface area contributed by atoms with Gasteiger partial charge < -0.3 is 19.9 Å². The first-order chi connectivity index (χ1) is 12.6. The van der Waals surface area contributed by atoms with Crippen LogP contribution in [0.5, 0.6) is 5.75 Å². The number of aliphatic hydroxyl groups excluding tert-OH is 1. The van der Waals surface area contributed by atoms with Crippen LogP contribution in [0.15, 0.2) is 24.3 Å². The van der Waals surface area contributed by atoms with Crippen LogP contribution >= 0.6 is 11.6 Å². The molecule has 7 heteroatoms. The number of carbonyl (C=O) groups excluding carboxylic acids is 1. The Kier molecular flexibility index (Phi) is 5.36. The minimum atomic E-state index is -0.746. The highest BCUT2D eigenvalue weighted by Crippen LogP contribution is 2.52. The number of hydrogen-bond acceptors (Lipinski definition) is 5. The molecule has 6 nitrogen and oxygen atoms in total. The summed E-state index contributed by atoms with van der Waals surface area (Å²) in [4.78, 5) is 12.0. The molecular weight excluding hydrogens is 356 g/mol. The normalized spacial score (nSPS) is 30.5. The minimum absolute atomic E-state index is 0.0279. The largest absolute Gasteiger partial charge is 0.489 e. The van der Waals surface area contributed by atoms with Gasteiger partial charge >= 0.3 is 0 Å². The van der Waals surface area contributed by atoms with Gasteiger partial charge in [0, 0.05) is 17.1 Å². The summed E-state index contributed by atoms with van der Waals surface area (Å²) in [6.45, 7) is 0.329. The first-order valence-corrected chi connectivity index (χ1v) is 9.70. The third kappa shape index (κ3) is 4.68. The summed E-state index contributed by atoms with van der Waals surface area (Å²) < 4.78 is 11.0. The Morgan fingerprint density at radius 1 is 1.19 bits per heavy atom. The van der Waals surface area contributed by atoms with Crippen LogP contribution in [0.4, 0.5) is 0 Å². The molecule has 142 valence electrons. The Labute approximate surface area is 158 Å². The van der Waals surface area contributed by atoms with Crippen molar-refractivity contribution in [3.8, 4) is 5.75 Å². The number of fused-ring (bicyclic) bond motifs is 1. The highest BCUT2D eigenvalue weighted by atomic mass is 35.5. The smallest absolute Gasteiger partial charge is 0.246 e. The van der Waals surface area contributed by atoms with Crippen molar-refractivity contribution in [1.29, 1.82) is 0 Å². The van der Waals surface area contributed by atoms with Crippen molar-refractivity contribution in [1.82, 2.24) is 10.6 Å². The predicted octanol–water partition coefficient (Wildman–Crippen LogP) is 1.70. The molecule has 0 bridgehead atoms. The lowest BCUT2D eigenvalue weighted by Gasteiger charge is -2.22. The zero-order valence-electron chi connectivity index (χ0n) is 14.6. The van der Waals surface area contributed by atoms with Gasteiger partial charge in [-0.25, -0.2) is 0 Å². The number of benzene rings is 1. The molecule has 3 N–H and O–H groups in total. The van der Waals surface area contributed by atoms with Gasteiger partial charge in [0.15, 0.2) is 0 Å². The van der Waals surface area contributed by atoms with E-state index in [1.54, 1.807) is 24.3 Å². The van der Waals surface area contributed by atoms with E-state index in [4.69, 9.17) is 21.1 Å². The van der Waals surface area contributed by atoms with Gasteiger partial charge in [0.2, 0.25) is 5.91 Å². The second-order valence-corrected chi connectivity index (χ2v) is 7.97. The first-order valence-electron chi connectivity index (χ1n) is 9.32. The van der Waals surface area contributed by atoms with Gasteiger partial charge in [0.25, 0.3) is 0 Å². The van der Waals surface area contributed by atoms with Crippen LogP contribution in [0.1, 0.15) is 25.7 Å². The van der Waals surface area contributed by atoms with Crippen molar-refractivity contribution in [2.24, 2.45) is 11.8 Å². The third-order valence-electron chi connectivity index (χ3n) is 5.38. The fourth-order valence-corrected chi connectivity index (χ4v) is 3.95. The number of amides is 1. The molecule has 26 heavy (non-hydrogen) atoms. The van der Waals surface area contributed by atoms with Gasteiger partial charge in [0.1, 0.15) is 25.2 Å². The maximum Gasteiger partial charge on any atom is 0.246 e. The molecule has 0 aliphatic heterocycles. The van der Waals surface area contributed by atoms with Gasteiger partial charge in [-0.2, -0.15) is 0 Å². The van der Waals surface area contributed by atoms with Crippen LogP contribution in [0.3, 0.4) is 0 Å². The van der Waals surface area contributed by atoms with Crippen LogP contribution in [0, 0.1) is 11.8 Å².